The average Bonchev–Trinajstić information content (AvgIpc) is 4.23. The van der Waals surface area contributed by atoms with E-state index < -0.39 is 11.2 Å². The van der Waals surface area contributed by atoms with Gasteiger partial charge in [-0.05, 0) is 106 Å². The van der Waals surface area contributed by atoms with E-state index in [4.69, 9.17) is 67.5 Å². The van der Waals surface area contributed by atoms with Gasteiger partial charge >= 0.3 is 11.9 Å². The van der Waals surface area contributed by atoms with Crippen LogP contribution in [-0.4, -0.2) is 127 Å². The summed E-state index contributed by atoms with van der Waals surface area (Å²) in [7, 11) is 3.66. The van der Waals surface area contributed by atoms with Crippen LogP contribution in [0.1, 0.15) is 64.8 Å². The Balaban J connectivity index is 0.000000153. The second-order valence-electron chi connectivity index (χ2n) is 19.4. The fraction of sp³-hybridized carbons (Fsp3) is 0.314. The summed E-state index contributed by atoms with van der Waals surface area (Å²) in [6.45, 7) is 18.2. The van der Waals surface area contributed by atoms with Gasteiger partial charge in [-0.25, -0.2) is 54.8 Å². The summed E-state index contributed by atoms with van der Waals surface area (Å²) in [5, 5.41) is 1.84. The second-order valence-corrected chi connectivity index (χ2v) is 22.1. The number of rotatable bonds is 8. The van der Waals surface area contributed by atoms with Gasteiger partial charge in [0, 0.05) is 24.3 Å². The Morgan fingerprint density at radius 3 is 1.56 bits per heavy atom. The number of carbonyl (C=O) groups excluding carboxylic acids is 2. The fourth-order valence-electron chi connectivity index (χ4n) is 7.22. The molecule has 8 heterocycles. The Hall–Kier alpha value is -7.02. The lowest BCUT2D eigenvalue weighted by atomic mass is 10.2. The molecule has 412 valence electrons. The zero-order valence-corrected chi connectivity index (χ0v) is 50.2. The number of esters is 2. The first kappa shape index (κ1) is 59.6. The van der Waals surface area contributed by atoms with Crippen LogP contribution in [0, 0.1) is 27.7 Å². The van der Waals surface area contributed by atoms with Gasteiger partial charge in [-0.3, -0.25) is 18.7 Å². The van der Waals surface area contributed by atoms with Crippen molar-refractivity contribution in [1.82, 2.24) is 83.0 Å². The number of fused-ring (bicyclic) bond motifs is 4. The van der Waals surface area contributed by atoms with Crippen LogP contribution in [0.2, 0.25) is 25.6 Å². The molecule has 10 rings (SSSR count). The molecule has 8 aromatic heterocycles. The molecule has 28 heteroatoms. The quantitative estimate of drug-likeness (QED) is 0.0594. The standard InChI is InChI=1S/C14H19ClN6O2.C13H10BrClN4.C12H8Cl2N4.C12H15ClN4O2/c1-14(2,3)23-9(22)6-21-8-16-10-11(15)18-13(19-12(10)21)17-7-20(4)5;1-7-16-12(15)11-13(17-7)19(8(2)18-11)10-5-3-9(14)4-6-10;1-7-16-11(14)10-12(17-7)18(6-15-10)9-5-3-2-4-8(9)13;1-7-15-10(13)9-11(16-7)17(6-14-9)5-8(18)19-12(2,3)4/h7-8H,6H2,1-5H3;3-6H,1-2H3;2-6H,1H3;6H,5H2,1-4H3. The summed E-state index contributed by atoms with van der Waals surface area (Å²) in [5.74, 6) is 2.06. The van der Waals surface area contributed by atoms with E-state index in [1.165, 1.54) is 12.7 Å². The van der Waals surface area contributed by atoms with Gasteiger partial charge in [-0.15, -0.1) is 0 Å². The molecule has 0 radical (unpaired) electrons. The van der Waals surface area contributed by atoms with Gasteiger partial charge in [0.2, 0.25) is 0 Å². The highest BCUT2D eigenvalue weighted by Gasteiger charge is 2.21. The number of aromatic nitrogens is 16. The number of aliphatic imine (C=N–C) groups is 1. The minimum Gasteiger partial charge on any atom is -0.459 e. The van der Waals surface area contributed by atoms with E-state index in [1.807, 2.05) is 123 Å². The third-order valence-electron chi connectivity index (χ3n) is 10.2. The molecule has 0 aliphatic rings. The first-order chi connectivity index (χ1) is 37.1. The van der Waals surface area contributed by atoms with Crippen LogP contribution in [0.3, 0.4) is 0 Å². The number of hydrogen-bond donors (Lipinski definition) is 0. The van der Waals surface area contributed by atoms with Gasteiger partial charge in [0.15, 0.2) is 43.2 Å². The fourth-order valence-corrected chi connectivity index (χ4v) is 8.68. The van der Waals surface area contributed by atoms with Crippen molar-refractivity contribution < 1.29 is 19.1 Å². The Labute approximate surface area is 486 Å². The van der Waals surface area contributed by atoms with E-state index in [-0.39, 0.29) is 41.3 Å². The third kappa shape index (κ3) is 15.4. The predicted molar refractivity (Wildman–Crippen MR) is 309 cm³/mol. The molecule has 0 N–H and O–H groups in total. The summed E-state index contributed by atoms with van der Waals surface area (Å²) in [4.78, 5) is 80.2. The van der Waals surface area contributed by atoms with Gasteiger partial charge in [-0.1, -0.05) is 86.1 Å². The summed E-state index contributed by atoms with van der Waals surface area (Å²) < 4.78 is 18.5. The SMILES string of the molecule is CN(C)C=Nc1nc(Cl)c2ncn(CC(=O)OC(C)(C)C)c2n1.Cc1nc(Cl)c2nc(C)n(-c3ccc(Br)cc3)c2n1.Cc1nc(Cl)c2ncn(-c3ccccc3Cl)c2n1.Cc1nc(Cl)c2ncn(CC(=O)OC(C)(C)C)c2n1. The van der Waals surface area contributed by atoms with Crippen LogP contribution in [0.25, 0.3) is 56.0 Å². The van der Waals surface area contributed by atoms with Crippen LogP contribution >= 0.6 is 73.9 Å². The predicted octanol–water partition coefficient (Wildman–Crippen LogP) is 11.5. The molecule has 0 bridgehead atoms. The highest BCUT2D eigenvalue weighted by atomic mass is 79.9. The number of nitrogens with zero attached hydrogens (tertiary/aromatic N) is 18. The van der Waals surface area contributed by atoms with Gasteiger partial charge in [-0.2, -0.15) is 9.97 Å². The molecule has 0 aliphatic carbocycles. The second kappa shape index (κ2) is 25.0. The van der Waals surface area contributed by atoms with Crippen molar-refractivity contribution in [2.75, 3.05) is 14.1 Å². The number of para-hydroxylation sites is 1. The molecule has 2 aromatic carbocycles. The molecule has 22 nitrogen and oxygen atoms in total. The van der Waals surface area contributed by atoms with E-state index in [0.717, 1.165) is 27.3 Å². The van der Waals surface area contributed by atoms with Crippen molar-refractivity contribution >= 4 is 143 Å². The number of aryl methyl sites for hydroxylation is 4. The summed E-state index contributed by atoms with van der Waals surface area (Å²) >= 11 is 33.8. The highest BCUT2D eigenvalue weighted by molar-refractivity contribution is 9.10. The van der Waals surface area contributed by atoms with Gasteiger partial charge in [0.25, 0.3) is 5.95 Å². The average molecular weight is 1240 g/mol. The number of imidazole rings is 4. The maximum atomic E-state index is 12.0. The number of carbonyl (C=O) groups is 2. The van der Waals surface area contributed by atoms with Crippen LogP contribution in [-0.2, 0) is 32.2 Å². The summed E-state index contributed by atoms with van der Waals surface area (Å²) in [6, 6.07) is 15.5. The van der Waals surface area contributed by atoms with Crippen molar-refractivity contribution in [3.8, 4) is 11.4 Å². The zero-order chi connectivity index (χ0) is 57.7. The van der Waals surface area contributed by atoms with E-state index in [2.05, 4.69) is 80.7 Å². The Morgan fingerprint density at radius 1 is 0.582 bits per heavy atom. The highest BCUT2D eigenvalue weighted by Crippen LogP contribution is 2.28. The van der Waals surface area contributed by atoms with Crippen molar-refractivity contribution in [2.24, 2.45) is 4.99 Å². The molecule has 79 heavy (non-hydrogen) atoms. The molecule has 0 spiro atoms. The van der Waals surface area contributed by atoms with Crippen LogP contribution in [0.5, 0.6) is 0 Å². The monoisotopic (exact) mass is 1230 g/mol. The van der Waals surface area contributed by atoms with Crippen LogP contribution in [0.4, 0.5) is 5.95 Å². The summed E-state index contributed by atoms with van der Waals surface area (Å²) in [5.41, 5.74) is 5.19. The number of benzene rings is 2. The Morgan fingerprint density at radius 2 is 1.04 bits per heavy atom. The molecule has 0 atom stereocenters. The first-order valence-corrected chi connectivity index (χ1v) is 26.5. The lowest BCUT2D eigenvalue weighted by Crippen LogP contribution is -2.26. The molecular weight excluding hydrogens is 1190 g/mol. The van der Waals surface area contributed by atoms with Crippen LogP contribution in [0.15, 0.2) is 77.0 Å². The van der Waals surface area contributed by atoms with Crippen molar-refractivity contribution in [3.63, 3.8) is 0 Å². The van der Waals surface area contributed by atoms with E-state index in [0.29, 0.717) is 71.8 Å². The largest absolute Gasteiger partial charge is 0.459 e. The smallest absolute Gasteiger partial charge is 0.326 e. The van der Waals surface area contributed by atoms with E-state index in [9.17, 15) is 9.59 Å². The van der Waals surface area contributed by atoms with Crippen LogP contribution < -0.4 is 0 Å². The minimum atomic E-state index is -0.554. The molecule has 10 aromatic rings. The lowest BCUT2D eigenvalue weighted by Gasteiger charge is -2.19. The lowest BCUT2D eigenvalue weighted by molar-refractivity contribution is -0.156. The van der Waals surface area contributed by atoms with Crippen molar-refractivity contribution in [2.45, 2.75) is 93.5 Å². The number of halogens is 6. The Kier molecular flexibility index (Phi) is 18.9. The van der Waals surface area contributed by atoms with Gasteiger partial charge < -0.3 is 23.5 Å². The molecular formula is C51H52BrCl5N18O4. The number of hydrogen-bond acceptors (Lipinski definition) is 17. The van der Waals surface area contributed by atoms with Gasteiger partial charge in [0.05, 0.1) is 29.7 Å². The maximum Gasteiger partial charge on any atom is 0.326 e. The molecule has 0 saturated carbocycles. The third-order valence-corrected chi connectivity index (χ3v) is 12.1. The molecule has 0 fully saturated rings. The normalized spacial score (nSPS) is 11.6. The maximum absolute atomic E-state index is 12.0. The number of ether oxygens (including phenoxy) is 2. The molecule has 0 aliphatic heterocycles. The Bertz CT molecular complexity index is 3890. The summed E-state index contributed by atoms with van der Waals surface area (Å²) in [6.07, 6.45) is 6.20. The first-order valence-electron chi connectivity index (χ1n) is 23.8. The zero-order valence-electron chi connectivity index (χ0n) is 44.8. The minimum absolute atomic E-state index is 0.0159. The van der Waals surface area contributed by atoms with E-state index >= 15 is 0 Å². The molecule has 0 saturated heterocycles. The van der Waals surface area contributed by atoms with Crippen molar-refractivity contribution in [1.29, 1.82) is 0 Å². The van der Waals surface area contributed by atoms with Crippen molar-refractivity contribution in [3.05, 3.63) is 121 Å². The topological polar surface area (TPSA) is 243 Å². The van der Waals surface area contributed by atoms with E-state index in [1.54, 1.807) is 45.1 Å². The molecule has 0 unspecified atom stereocenters. The van der Waals surface area contributed by atoms with Gasteiger partial charge in [0.1, 0.15) is 76.0 Å². The molecule has 0 amide bonds.